The van der Waals surface area contributed by atoms with Crippen LogP contribution in [0.15, 0.2) is 24.3 Å². The average molecular weight is 1020 g/mol. The van der Waals surface area contributed by atoms with Gasteiger partial charge in [-0.3, -0.25) is 52.7 Å². The first-order chi connectivity index (χ1) is 33.7. The fourth-order valence-corrected chi connectivity index (χ4v) is 7.32. The smallest absolute Gasteiger partial charge is 0.326 e. The molecule has 16 N–H and O–H groups in total. The third-order valence-corrected chi connectivity index (χ3v) is 11.7. The maximum Gasteiger partial charge on any atom is 0.326 e. The van der Waals surface area contributed by atoms with Crippen LogP contribution in [0.4, 0.5) is 0 Å². The van der Waals surface area contributed by atoms with Crippen LogP contribution < -0.4 is 48.7 Å². The topological polar surface area (TPSA) is 445 Å². The van der Waals surface area contributed by atoms with Gasteiger partial charge in [0.2, 0.25) is 53.2 Å². The summed E-state index contributed by atoms with van der Waals surface area (Å²) < 4.78 is 0. The first-order valence-corrected chi connectivity index (χ1v) is 23.2. The highest BCUT2D eigenvalue weighted by Gasteiger charge is 2.41. The van der Waals surface area contributed by atoms with Crippen molar-refractivity contribution < 1.29 is 83.1 Å². The van der Waals surface area contributed by atoms with Crippen molar-refractivity contribution in [2.45, 2.75) is 147 Å². The lowest BCUT2D eigenvalue weighted by molar-refractivity contribution is -0.146. The number of hydrogen-bond acceptors (Lipinski definition) is 15. The standard InChI is InChI=1S/C45H68N10O17/c1-6-22(4)36(54-41(67)31-8-7-17-55(31)44(70)28(19-34(61)62)50-40(66)30(20-56)52-38(64)26(46)13-16-33(59)60)43(69)53-35(21(2)3)42(68)48-23(5)37(63)49-27(14-15-32(47)58)39(65)51-29(45(71)72)18-24-9-11-25(57)12-10-24/h9-12,21-23,26-31,35-36,56-57H,6-8,13-20,46H2,1-5H3,(H2,47,58)(H,48,68)(H,49,63)(H,50,66)(H,51,65)(H,52,64)(H,53,69)(H,54,67)(H,59,60)(H,61,62)(H,71,72)/t22-,23-,26-,27-,28-,29-,30-,31-,35-,36-/m0/s1. The molecule has 0 bridgehead atoms. The molecule has 0 unspecified atom stereocenters. The number of nitrogens with zero attached hydrogens (tertiary/aromatic N) is 1. The number of phenolic OH excluding ortho intramolecular Hbond substituents is 1. The number of carbonyl (C=O) groups is 12. The van der Waals surface area contributed by atoms with Gasteiger partial charge < -0.3 is 79.1 Å². The van der Waals surface area contributed by atoms with Crippen LogP contribution in [0.2, 0.25) is 0 Å². The molecule has 1 heterocycles. The number of aromatic hydroxyl groups is 1. The fourth-order valence-electron chi connectivity index (χ4n) is 7.32. The highest BCUT2D eigenvalue weighted by molar-refractivity contribution is 5.99. The largest absolute Gasteiger partial charge is 0.508 e. The van der Waals surface area contributed by atoms with Gasteiger partial charge in [0.25, 0.3) is 0 Å². The lowest BCUT2D eigenvalue weighted by Crippen LogP contribution is -2.61. The normalized spacial score (nSPS) is 16.9. The highest BCUT2D eigenvalue weighted by atomic mass is 16.4. The Kier molecular flexibility index (Phi) is 24.5. The molecule has 9 amide bonds. The SMILES string of the molecule is CC[C@H](C)[C@H](NC(=O)[C@@H]1CCCN1C(=O)[C@H](CC(=O)O)NC(=O)[C@H](CO)NC(=O)[C@@H](N)CCC(=O)O)C(=O)N[C@H](C(=O)N[C@@H](C)C(=O)N[C@@H](CCC(N)=O)C(=O)N[C@@H](Cc1ccc(O)cc1)C(=O)O)C(C)C. The number of amides is 9. The second kappa shape index (κ2) is 29.1. The predicted molar refractivity (Wildman–Crippen MR) is 250 cm³/mol. The van der Waals surface area contributed by atoms with Crippen LogP contribution >= 0.6 is 0 Å². The van der Waals surface area contributed by atoms with Crippen molar-refractivity contribution in [2.75, 3.05) is 13.2 Å². The Hall–Kier alpha value is -7.42. The van der Waals surface area contributed by atoms with Crippen LogP contribution in [0, 0.1) is 11.8 Å². The number of phenols is 1. The highest BCUT2D eigenvalue weighted by Crippen LogP contribution is 2.21. The molecule has 27 nitrogen and oxygen atoms in total. The van der Waals surface area contributed by atoms with E-state index in [4.69, 9.17) is 16.6 Å². The third kappa shape index (κ3) is 19.4. The molecular formula is C45H68N10O17. The molecule has 27 heteroatoms. The number of aliphatic hydroxyl groups is 1. The minimum atomic E-state index is -1.82. The van der Waals surface area contributed by atoms with Gasteiger partial charge in [-0.05, 0) is 62.1 Å². The molecule has 1 aromatic carbocycles. The second-order valence-electron chi connectivity index (χ2n) is 17.8. The molecule has 72 heavy (non-hydrogen) atoms. The molecule has 1 aliphatic rings. The van der Waals surface area contributed by atoms with Gasteiger partial charge in [0.05, 0.1) is 19.1 Å². The van der Waals surface area contributed by atoms with Crippen LogP contribution in [-0.4, -0.2) is 169 Å². The molecule has 400 valence electrons. The average Bonchev–Trinajstić information content (AvgIpc) is 3.81. The van der Waals surface area contributed by atoms with E-state index < -0.39 is 163 Å². The van der Waals surface area contributed by atoms with Crippen LogP contribution in [-0.2, 0) is 64.0 Å². The maximum absolute atomic E-state index is 14.0. The van der Waals surface area contributed by atoms with Crippen molar-refractivity contribution in [3.05, 3.63) is 29.8 Å². The van der Waals surface area contributed by atoms with E-state index in [1.807, 2.05) is 0 Å². The van der Waals surface area contributed by atoms with E-state index in [-0.39, 0.29) is 44.4 Å². The van der Waals surface area contributed by atoms with E-state index in [0.29, 0.717) is 12.0 Å². The van der Waals surface area contributed by atoms with Crippen molar-refractivity contribution in [1.82, 2.24) is 42.1 Å². The number of carboxylic acids is 3. The summed E-state index contributed by atoms with van der Waals surface area (Å²) in [5.74, 6) is -14.0. The first-order valence-electron chi connectivity index (χ1n) is 23.2. The molecule has 1 saturated heterocycles. The molecular weight excluding hydrogens is 953 g/mol. The van der Waals surface area contributed by atoms with E-state index in [1.54, 1.807) is 27.7 Å². The van der Waals surface area contributed by atoms with E-state index in [2.05, 4.69) is 37.2 Å². The molecule has 1 aromatic rings. The molecule has 0 aliphatic carbocycles. The van der Waals surface area contributed by atoms with Gasteiger partial charge in [0, 0.05) is 25.8 Å². The Balaban J connectivity index is 2.22. The zero-order chi connectivity index (χ0) is 54.6. The van der Waals surface area contributed by atoms with Gasteiger partial charge in [-0.15, -0.1) is 0 Å². The van der Waals surface area contributed by atoms with Gasteiger partial charge in [-0.25, -0.2) is 4.79 Å². The van der Waals surface area contributed by atoms with E-state index in [1.165, 1.54) is 31.2 Å². The summed E-state index contributed by atoms with van der Waals surface area (Å²) in [6, 6.07) is -7.72. The molecule has 0 aromatic heterocycles. The van der Waals surface area contributed by atoms with Crippen molar-refractivity contribution in [3.8, 4) is 5.75 Å². The number of rotatable bonds is 30. The Bertz CT molecular complexity index is 2140. The number of nitrogens with two attached hydrogens (primary N) is 2. The molecule has 10 atom stereocenters. The van der Waals surface area contributed by atoms with Crippen molar-refractivity contribution in [3.63, 3.8) is 0 Å². The minimum Gasteiger partial charge on any atom is -0.508 e. The van der Waals surface area contributed by atoms with E-state index in [9.17, 15) is 78.0 Å². The quantitative estimate of drug-likeness (QED) is 0.0350. The summed E-state index contributed by atoms with van der Waals surface area (Å²) in [5.41, 5.74) is 11.4. The van der Waals surface area contributed by atoms with Crippen molar-refractivity contribution in [1.29, 1.82) is 0 Å². The zero-order valence-corrected chi connectivity index (χ0v) is 40.7. The predicted octanol–water partition coefficient (Wildman–Crippen LogP) is -3.95. The summed E-state index contributed by atoms with van der Waals surface area (Å²) in [6.45, 7) is 6.66. The zero-order valence-electron chi connectivity index (χ0n) is 40.7. The number of primary amides is 1. The Morgan fingerprint density at radius 2 is 1.24 bits per heavy atom. The van der Waals surface area contributed by atoms with Crippen LogP contribution in [0.1, 0.15) is 91.5 Å². The molecule has 1 fully saturated rings. The van der Waals surface area contributed by atoms with Crippen LogP contribution in [0.5, 0.6) is 5.75 Å². The van der Waals surface area contributed by atoms with Crippen molar-refractivity contribution >= 4 is 71.1 Å². The third-order valence-electron chi connectivity index (χ3n) is 11.7. The number of nitrogens with one attached hydrogen (secondary N) is 7. The fraction of sp³-hybridized carbons (Fsp3) is 0.600. The summed E-state index contributed by atoms with van der Waals surface area (Å²) >= 11 is 0. The monoisotopic (exact) mass is 1020 g/mol. The molecule has 0 radical (unpaired) electrons. The van der Waals surface area contributed by atoms with Gasteiger partial charge in [0.1, 0.15) is 54.1 Å². The summed E-state index contributed by atoms with van der Waals surface area (Å²) in [4.78, 5) is 155. The van der Waals surface area contributed by atoms with Gasteiger partial charge in [0.15, 0.2) is 0 Å². The van der Waals surface area contributed by atoms with Crippen LogP contribution in [0.3, 0.4) is 0 Å². The summed E-state index contributed by atoms with van der Waals surface area (Å²) in [5, 5.41) is 64.4. The maximum atomic E-state index is 14.0. The number of aliphatic carboxylic acids is 3. The lowest BCUT2D eigenvalue weighted by atomic mass is 9.96. The minimum absolute atomic E-state index is 0.0473. The number of benzene rings is 1. The summed E-state index contributed by atoms with van der Waals surface area (Å²) in [6.07, 6.45) is -2.13. The van der Waals surface area contributed by atoms with Crippen LogP contribution in [0.25, 0.3) is 0 Å². The molecule has 2 rings (SSSR count). The van der Waals surface area contributed by atoms with Gasteiger partial charge in [-0.1, -0.05) is 46.2 Å². The van der Waals surface area contributed by atoms with E-state index in [0.717, 1.165) is 4.90 Å². The first kappa shape index (κ1) is 60.7. The molecule has 0 spiro atoms. The van der Waals surface area contributed by atoms with Gasteiger partial charge in [-0.2, -0.15) is 0 Å². The second-order valence-corrected chi connectivity index (χ2v) is 17.8. The Morgan fingerprint density at radius 1 is 0.667 bits per heavy atom. The number of aliphatic hydroxyl groups excluding tert-OH is 1. The number of carboxylic acid groups (broad SMARTS) is 3. The molecule has 0 saturated carbocycles. The molecule has 1 aliphatic heterocycles. The number of likely N-dealkylation sites (tertiary alicyclic amines) is 1. The number of carbonyl (C=O) groups excluding carboxylic acids is 9. The Labute approximate surface area is 414 Å². The van der Waals surface area contributed by atoms with Gasteiger partial charge >= 0.3 is 17.9 Å². The number of hydrogen-bond donors (Lipinski definition) is 14. The Morgan fingerprint density at radius 3 is 1.78 bits per heavy atom. The lowest BCUT2D eigenvalue weighted by Gasteiger charge is -2.32. The van der Waals surface area contributed by atoms with E-state index >= 15 is 0 Å². The summed E-state index contributed by atoms with van der Waals surface area (Å²) in [7, 11) is 0. The van der Waals surface area contributed by atoms with Crippen molar-refractivity contribution in [2.24, 2.45) is 23.3 Å².